The van der Waals surface area contributed by atoms with E-state index < -0.39 is 0 Å². The van der Waals surface area contributed by atoms with Crippen LogP contribution in [0.2, 0.25) is 0 Å². The number of hydrogen-bond acceptors (Lipinski definition) is 5. The molecule has 1 aromatic heterocycles. The maximum absolute atomic E-state index is 12.2. The van der Waals surface area contributed by atoms with Crippen molar-refractivity contribution in [3.63, 3.8) is 0 Å². The molecular formula is C13H20N4OS. The Labute approximate surface area is 117 Å². The van der Waals surface area contributed by atoms with Gasteiger partial charge in [0.25, 0.3) is 0 Å². The molecule has 0 bridgehead atoms. The number of aromatic nitrogens is 2. The molecule has 19 heavy (non-hydrogen) atoms. The number of nitrogens with one attached hydrogen (secondary N) is 2. The van der Waals surface area contributed by atoms with Crippen molar-refractivity contribution in [1.82, 2.24) is 15.5 Å². The van der Waals surface area contributed by atoms with E-state index in [0.29, 0.717) is 11.0 Å². The topological polar surface area (TPSA) is 66.9 Å². The Balaban J connectivity index is 1.60. The van der Waals surface area contributed by atoms with Crippen molar-refractivity contribution in [3.8, 4) is 0 Å². The fourth-order valence-electron chi connectivity index (χ4n) is 2.91. The minimum absolute atomic E-state index is 0.133. The summed E-state index contributed by atoms with van der Waals surface area (Å²) in [6.07, 6.45) is 3.28. The molecular weight excluding hydrogens is 260 g/mol. The lowest BCUT2D eigenvalue weighted by atomic mass is 9.92. The Morgan fingerprint density at radius 3 is 2.79 bits per heavy atom. The molecule has 1 amide bonds. The smallest absolute Gasteiger partial charge is 0.229 e. The van der Waals surface area contributed by atoms with Crippen LogP contribution in [0.4, 0.5) is 5.13 Å². The van der Waals surface area contributed by atoms with Gasteiger partial charge in [-0.2, -0.15) is 0 Å². The second-order valence-electron chi connectivity index (χ2n) is 5.96. The Morgan fingerprint density at radius 2 is 2.16 bits per heavy atom. The van der Waals surface area contributed by atoms with Gasteiger partial charge in [-0.05, 0) is 37.8 Å². The van der Waals surface area contributed by atoms with Crippen LogP contribution in [-0.4, -0.2) is 29.2 Å². The first-order chi connectivity index (χ1) is 9.11. The zero-order valence-corrected chi connectivity index (χ0v) is 12.2. The molecule has 2 heterocycles. The number of carbonyl (C=O) groups excluding carboxylic acids is 1. The minimum atomic E-state index is 0.133. The standard InChI is InChI=1S/C13H20N4OS/c1-8(2)11-16-17-12(19-11)15-10(18)9-7-13(9)3-5-14-6-4-13/h8-9,14H,3-7H2,1-2H3,(H,15,17,18). The molecule has 1 aromatic rings. The van der Waals surface area contributed by atoms with Gasteiger partial charge < -0.3 is 10.6 Å². The van der Waals surface area contributed by atoms with Crippen LogP contribution in [-0.2, 0) is 4.79 Å². The summed E-state index contributed by atoms with van der Waals surface area (Å²) in [6, 6.07) is 0. The molecule has 0 radical (unpaired) electrons. The summed E-state index contributed by atoms with van der Waals surface area (Å²) in [5.41, 5.74) is 0.279. The molecule has 1 aliphatic carbocycles. The number of piperidine rings is 1. The van der Waals surface area contributed by atoms with E-state index in [1.54, 1.807) is 0 Å². The molecule has 1 aliphatic heterocycles. The summed E-state index contributed by atoms with van der Waals surface area (Å²) in [4.78, 5) is 12.2. The quantitative estimate of drug-likeness (QED) is 0.888. The maximum Gasteiger partial charge on any atom is 0.229 e. The number of amides is 1. The molecule has 2 fully saturated rings. The van der Waals surface area contributed by atoms with Gasteiger partial charge in [-0.15, -0.1) is 10.2 Å². The van der Waals surface area contributed by atoms with Crippen LogP contribution in [0, 0.1) is 11.3 Å². The van der Waals surface area contributed by atoms with Gasteiger partial charge in [-0.3, -0.25) is 4.79 Å². The van der Waals surface area contributed by atoms with Gasteiger partial charge in [-0.1, -0.05) is 25.2 Å². The molecule has 1 saturated carbocycles. The van der Waals surface area contributed by atoms with Crippen molar-refractivity contribution in [3.05, 3.63) is 5.01 Å². The van der Waals surface area contributed by atoms with E-state index in [4.69, 9.17) is 0 Å². The van der Waals surface area contributed by atoms with E-state index >= 15 is 0 Å². The van der Waals surface area contributed by atoms with Crippen LogP contribution in [0.15, 0.2) is 0 Å². The van der Waals surface area contributed by atoms with E-state index in [9.17, 15) is 4.79 Å². The molecule has 1 spiro atoms. The number of nitrogens with zero attached hydrogens (tertiary/aromatic N) is 2. The van der Waals surface area contributed by atoms with Gasteiger partial charge in [-0.25, -0.2) is 0 Å². The van der Waals surface area contributed by atoms with Crippen LogP contribution in [0.25, 0.3) is 0 Å². The van der Waals surface area contributed by atoms with Crippen molar-refractivity contribution in [2.45, 2.75) is 39.0 Å². The molecule has 2 aliphatic rings. The van der Waals surface area contributed by atoms with Gasteiger partial charge in [0.15, 0.2) is 0 Å². The first-order valence-corrected chi connectivity index (χ1v) is 7.77. The molecule has 2 N–H and O–H groups in total. The zero-order chi connectivity index (χ0) is 13.5. The third kappa shape index (κ3) is 2.51. The average molecular weight is 280 g/mol. The van der Waals surface area contributed by atoms with Gasteiger partial charge in [0, 0.05) is 11.8 Å². The summed E-state index contributed by atoms with van der Waals surface area (Å²) in [6.45, 7) is 6.24. The lowest BCUT2D eigenvalue weighted by Gasteiger charge is -2.22. The molecule has 0 aromatic carbocycles. The van der Waals surface area contributed by atoms with Crippen molar-refractivity contribution < 1.29 is 4.79 Å². The summed E-state index contributed by atoms with van der Waals surface area (Å²) in [5, 5.41) is 16.0. The summed E-state index contributed by atoms with van der Waals surface area (Å²) in [7, 11) is 0. The van der Waals surface area contributed by atoms with Crippen molar-refractivity contribution in [2.24, 2.45) is 11.3 Å². The molecule has 1 atom stereocenters. The maximum atomic E-state index is 12.2. The Kier molecular flexibility index (Phi) is 3.30. The normalized spacial score (nSPS) is 24.7. The summed E-state index contributed by atoms with van der Waals surface area (Å²) >= 11 is 1.48. The fraction of sp³-hybridized carbons (Fsp3) is 0.769. The van der Waals surface area contributed by atoms with Crippen LogP contribution in [0.1, 0.15) is 44.0 Å². The van der Waals surface area contributed by atoms with Crippen LogP contribution in [0.3, 0.4) is 0 Å². The van der Waals surface area contributed by atoms with Gasteiger partial charge in [0.05, 0.1) is 0 Å². The van der Waals surface area contributed by atoms with E-state index in [1.807, 2.05) is 0 Å². The average Bonchev–Trinajstić information content (AvgIpc) is 2.86. The summed E-state index contributed by atoms with van der Waals surface area (Å²) in [5.74, 6) is 0.675. The largest absolute Gasteiger partial charge is 0.317 e. The zero-order valence-electron chi connectivity index (χ0n) is 11.4. The Hall–Kier alpha value is -1.01. The number of rotatable bonds is 3. The van der Waals surface area contributed by atoms with Crippen molar-refractivity contribution in [1.29, 1.82) is 0 Å². The third-order valence-electron chi connectivity index (χ3n) is 4.27. The summed E-state index contributed by atoms with van der Waals surface area (Å²) < 4.78 is 0. The molecule has 6 heteroatoms. The monoisotopic (exact) mass is 280 g/mol. The minimum Gasteiger partial charge on any atom is -0.317 e. The third-order valence-corrected chi connectivity index (χ3v) is 5.41. The van der Waals surface area contributed by atoms with Crippen LogP contribution in [0.5, 0.6) is 0 Å². The Bertz CT molecular complexity index is 479. The van der Waals surface area contributed by atoms with E-state index in [2.05, 4.69) is 34.7 Å². The predicted molar refractivity (Wildman–Crippen MR) is 75.3 cm³/mol. The van der Waals surface area contributed by atoms with Crippen LogP contribution >= 0.6 is 11.3 Å². The highest BCUT2D eigenvalue weighted by Crippen LogP contribution is 2.58. The van der Waals surface area contributed by atoms with Gasteiger partial charge in [0.2, 0.25) is 11.0 Å². The van der Waals surface area contributed by atoms with E-state index in [-0.39, 0.29) is 17.2 Å². The Morgan fingerprint density at radius 1 is 1.42 bits per heavy atom. The highest BCUT2D eigenvalue weighted by atomic mass is 32.1. The van der Waals surface area contributed by atoms with Gasteiger partial charge in [0.1, 0.15) is 5.01 Å². The predicted octanol–water partition coefficient (Wildman–Crippen LogP) is 1.99. The fourth-order valence-corrected chi connectivity index (χ4v) is 3.66. The molecule has 104 valence electrons. The van der Waals surface area contributed by atoms with Crippen molar-refractivity contribution in [2.75, 3.05) is 18.4 Å². The lowest BCUT2D eigenvalue weighted by molar-refractivity contribution is -0.118. The number of carbonyl (C=O) groups is 1. The van der Waals surface area contributed by atoms with Crippen molar-refractivity contribution >= 4 is 22.4 Å². The number of anilines is 1. The molecule has 1 saturated heterocycles. The highest BCUT2D eigenvalue weighted by molar-refractivity contribution is 7.15. The molecule has 1 unspecified atom stereocenters. The molecule has 3 rings (SSSR count). The second-order valence-corrected chi connectivity index (χ2v) is 6.97. The first kappa shape index (κ1) is 13.0. The lowest BCUT2D eigenvalue weighted by Crippen LogP contribution is -2.31. The highest BCUT2D eigenvalue weighted by Gasteiger charge is 2.57. The second kappa shape index (κ2) is 4.83. The SMILES string of the molecule is CC(C)c1nnc(NC(=O)C2CC23CCNCC3)s1. The molecule has 5 nitrogen and oxygen atoms in total. The first-order valence-electron chi connectivity index (χ1n) is 6.96. The van der Waals surface area contributed by atoms with Crippen LogP contribution < -0.4 is 10.6 Å². The van der Waals surface area contributed by atoms with Gasteiger partial charge >= 0.3 is 0 Å². The van der Waals surface area contributed by atoms with E-state index in [0.717, 1.165) is 37.4 Å². The van der Waals surface area contributed by atoms with E-state index in [1.165, 1.54) is 11.3 Å². The number of hydrogen-bond donors (Lipinski definition) is 2.